The van der Waals surface area contributed by atoms with Gasteiger partial charge in [-0.1, -0.05) is 27.7 Å². The Bertz CT molecular complexity index is 263. The van der Waals surface area contributed by atoms with Gasteiger partial charge in [0.25, 0.3) is 0 Å². The summed E-state index contributed by atoms with van der Waals surface area (Å²) in [6.07, 6.45) is 1.62. The van der Waals surface area contributed by atoms with Crippen LogP contribution in [-0.2, 0) is 4.79 Å². The quantitative estimate of drug-likeness (QED) is 0.843. The molecule has 1 amide bonds. The van der Waals surface area contributed by atoms with Gasteiger partial charge in [0.1, 0.15) is 0 Å². The van der Waals surface area contributed by atoms with Gasteiger partial charge in [0.2, 0.25) is 5.91 Å². The molecule has 0 aromatic rings. The molecule has 2 atom stereocenters. The molecule has 0 aliphatic carbocycles. The first-order valence-electron chi connectivity index (χ1n) is 6.49. The highest BCUT2D eigenvalue weighted by molar-refractivity contribution is 8.00. The first kappa shape index (κ1) is 14.8. The third kappa shape index (κ3) is 4.51. The average molecular weight is 258 g/mol. The molecule has 1 fully saturated rings. The summed E-state index contributed by atoms with van der Waals surface area (Å²) in [5, 5.41) is 0.610. The van der Waals surface area contributed by atoms with Crippen LogP contribution in [0.4, 0.5) is 0 Å². The average Bonchev–Trinajstić information content (AvgIpc) is 2.27. The van der Waals surface area contributed by atoms with Crippen molar-refractivity contribution in [3.05, 3.63) is 0 Å². The molecule has 0 bridgehead atoms. The number of amides is 1. The molecule has 3 nitrogen and oxygen atoms in total. The zero-order valence-electron chi connectivity index (χ0n) is 11.5. The van der Waals surface area contributed by atoms with Crippen LogP contribution < -0.4 is 5.73 Å². The van der Waals surface area contributed by atoms with Crippen molar-refractivity contribution < 1.29 is 4.79 Å². The zero-order chi connectivity index (χ0) is 13.1. The van der Waals surface area contributed by atoms with E-state index in [1.807, 2.05) is 16.7 Å². The number of nitrogens with zero attached hydrogens (tertiary/aromatic N) is 1. The number of carbonyl (C=O) groups excluding carboxylic acids is 1. The van der Waals surface area contributed by atoms with Crippen LogP contribution in [0.25, 0.3) is 0 Å². The fourth-order valence-corrected chi connectivity index (χ4v) is 3.00. The molecule has 4 heteroatoms. The van der Waals surface area contributed by atoms with E-state index < -0.39 is 0 Å². The highest BCUT2D eigenvalue weighted by Crippen LogP contribution is 2.24. The van der Waals surface area contributed by atoms with Crippen molar-refractivity contribution >= 4 is 17.7 Å². The van der Waals surface area contributed by atoms with Crippen molar-refractivity contribution in [1.82, 2.24) is 4.90 Å². The standard InChI is InChI=1S/C13H26N2OS/c1-5-10-9-15(6-7-17-10)12(16)8-11(14)13(2,3)4/h10-11H,5-9,14H2,1-4H3. The molecular formula is C13H26N2OS. The Morgan fingerprint density at radius 2 is 2.18 bits per heavy atom. The van der Waals surface area contributed by atoms with E-state index in [1.165, 1.54) is 0 Å². The number of rotatable bonds is 3. The zero-order valence-corrected chi connectivity index (χ0v) is 12.3. The van der Waals surface area contributed by atoms with Gasteiger partial charge >= 0.3 is 0 Å². The lowest BCUT2D eigenvalue weighted by atomic mass is 9.85. The van der Waals surface area contributed by atoms with Gasteiger partial charge in [0.05, 0.1) is 0 Å². The predicted octanol–water partition coefficient (Wildman–Crippen LogP) is 2.10. The highest BCUT2D eigenvalue weighted by Gasteiger charge is 2.28. The molecule has 2 unspecified atom stereocenters. The summed E-state index contributed by atoms with van der Waals surface area (Å²) < 4.78 is 0. The largest absolute Gasteiger partial charge is 0.341 e. The van der Waals surface area contributed by atoms with Crippen LogP contribution in [0.2, 0.25) is 0 Å². The summed E-state index contributed by atoms with van der Waals surface area (Å²) in [5.74, 6) is 1.29. The molecule has 0 spiro atoms. The van der Waals surface area contributed by atoms with Crippen molar-refractivity contribution in [3.63, 3.8) is 0 Å². The van der Waals surface area contributed by atoms with Crippen molar-refractivity contribution in [2.75, 3.05) is 18.8 Å². The molecule has 100 valence electrons. The normalized spacial score (nSPS) is 23.6. The van der Waals surface area contributed by atoms with E-state index in [0.29, 0.717) is 11.7 Å². The van der Waals surface area contributed by atoms with Crippen LogP contribution in [0.5, 0.6) is 0 Å². The SMILES string of the molecule is CCC1CN(C(=O)CC(N)C(C)(C)C)CCS1. The Labute approximate surface area is 109 Å². The Kier molecular flexibility index (Phi) is 5.32. The summed E-state index contributed by atoms with van der Waals surface area (Å²) in [7, 11) is 0. The minimum Gasteiger partial charge on any atom is -0.341 e. The molecule has 1 aliphatic heterocycles. The van der Waals surface area contributed by atoms with Crippen LogP contribution >= 0.6 is 11.8 Å². The lowest BCUT2D eigenvalue weighted by molar-refractivity contribution is -0.132. The predicted molar refractivity (Wildman–Crippen MR) is 75.2 cm³/mol. The van der Waals surface area contributed by atoms with E-state index >= 15 is 0 Å². The third-order valence-corrected chi connectivity index (χ3v) is 4.83. The monoisotopic (exact) mass is 258 g/mol. The maximum Gasteiger partial charge on any atom is 0.224 e. The number of nitrogens with two attached hydrogens (primary N) is 1. The first-order valence-corrected chi connectivity index (χ1v) is 7.54. The maximum atomic E-state index is 12.2. The summed E-state index contributed by atoms with van der Waals surface area (Å²) in [4.78, 5) is 14.1. The second-order valence-electron chi connectivity index (χ2n) is 5.92. The molecule has 17 heavy (non-hydrogen) atoms. The second-order valence-corrected chi connectivity index (χ2v) is 7.33. The Hall–Kier alpha value is -0.220. The van der Waals surface area contributed by atoms with E-state index in [9.17, 15) is 4.79 Å². The van der Waals surface area contributed by atoms with Crippen LogP contribution in [0.1, 0.15) is 40.5 Å². The van der Waals surface area contributed by atoms with Crippen LogP contribution in [0.3, 0.4) is 0 Å². The second kappa shape index (κ2) is 6.10. The molecule has 1 saturated heterocycles. The molecule has 0 aromatic heterocycles. The van der Waals surface area contributed by atoms with Gasteiger partial charge in [0, 0.05) is 36.6 Å². The van der Waals surface area contributed by atoms with Gasteiger partial charge in [-0.05, 0) is 11.8 Å². The molecule has 2 N–H and O–H groups in total. The topological polar surface area (TPSA) is 46.3 Å². The van der Waals surface area contributed by atoms with Gasteiger partial charge in [-0.25, -0.2) is 0 Å². The summed E-state index contributed by atoms with van der Waals surface area (Å²) in [6, 6.07) is -0.0512. The van der Waals surface area contributed by atoms with Crippen LogP contribution in [0, 0.1) is 5.41 Å². The van der Waals surface area contributed by atoms with E-state index in [4.69, 9.17) is 5.73 Å². The fraction of sp³-hybridized carbons (Fsp3) is 0.923. The maximum absolute atomic E-state index is 12.2. The summed E-state index contributed by atoms with van der Waals surface area (Å²) >= 11 is 1.98. The van der Waals surface area contributed by atoms with Crippen molar-refractivity contribution in [2.24, 2.45) is 11.1 Å². The molecule has 1 rings (SSSR count). The molecule has 1 aliphatic rings. The van der Waals surface area contributed by atoms with Gasteiger partial charge in [-0.15, -0.1) is 0 Å². The van der Waals surface area contributed by atoms with E-state index in [1.54, 1.807) is 0 Å². The lowest BCUT2D eigenvalue weighted by Crippen LogP contribution is -2.46. The molecule has 1 heterocycles. The number of carbonyl (C=O) groups is 1. The van der Waals surface area contributed by atoms with Gasteiger partial charge in [0.15, 0.2) is 0 Å². The number of thioether (sulfide) groups is 1. The lowest BCUT2D eigenvalue weighted by Gasteiger charge is -2.34. The minimum atomic E-state index is -0.0512. The van der Waals surface area contributed by atoms with Crippen LogP contribution in [-0.4, -0.2) is 40.9 Å². The molecule has 0 saturated carbocycles. The highest BCUT2D eigenvalue weighted by atomic mass is 32.2. The first-order chi connectivity index (χ1) is 7.84. The molecule has 0 radical (unpaired) electrons. The third-order valence-electron chi connectivity index (χ3n) is 3.45. The fourth-order valence-electron chi connectivity index (χ4n) is 1.82. The van der Waals surface area contributed by atoms with Gasteiger partial charge in [-0.3, -0.25) is 4.79 Å². The van der Waals surface area contributed by atoms with Crippen LogP contribution in [0.15, 0.2) is 0 Å². The Morgan fingerprint density at radius 1 is 1.53 bits per heavy atom. The van der Waals surface area contributed by atoms with Gasteiger partial charge in [-0.2, -0.15) is 11.8 Å². The van der Waals surface area contributed by atoms with E-state index in [-0.39, 0.29) is 17.4 Å². The van der Waals surface area contributed by atoms with Crippen molar-refractivity contribution in [2.45, 2.75) is 51.8 Å². The van der Waals surface area contributed by atoms with Crippen molar-refractivity contribution in [1.29, 1.82) is 0 Å². The van der Waals surface area contributed by atoms with E-state index in [0.717, 1.165) is 25.3 Å². The number of hydrogen-bond acceptors (Lipinski definition) is 3. The minimum absolute atomic E-state index is 0.00432. The Balaban J connectivity index is 2.47. The molecule has 0 aromatic carbocycles. The van der Waals surface area contributed by atoms with E-state index in [2.05, 4.69) is 27.7 Å². The van der Waals surface area contributed by atoms with Gasteiger partial charge < -0.3 is 10.6 Å². The van der Waals surface area contributed by atoms with Crippen molar-refractivity contribution in [3.8, 4) is 0 Å². The molecular weight excluding hydrogens is 232 g/mol. The summed E-state index contributed by atoms with van der Waals surface area (Å²) in [6.45, 7) is 10.2. The number of hydrogen-bond donors (Lipinski definition) is 1. The summed E-state index contributed by atoms with van der Waals surface area (Å²) in [5.41, 5.74) is 6.08. The smallest absolute Gasteiger partial charge is 0.224 e. The Morgan fingerprint density at radius 3 is 2.71 bits per heavy atom.